The Morgan fingerprint density at radius 3 is 2.93 bits per heavy atom. The molecule has 0 bridgehead atoms. The predicted octanol–water partition coefficient (Wildman–Crippen LogP) is 2.30. The first kappa shape index (κ1) is 10.7. The van der Waals surface area contributed by atoms with E-state index in [0.29, 0.717) is 12.0 Å². The van der Waals surface area contributed by atoms with Gasteiger partial charge in [0.05, 0.1) is 17.8 Å². The summed E-state index contributed by atoms with van der Waals surface area (Å²) in [6.07, 6.45) is 6.02. The second-order valence-electron chi connectivity index (χ2n) is 4.64. The first-order chi connectivity index (χ1) is 7.20. The maximum absolute atomic E-state index is 9.72. The second-order valence-corrected chi connectivity index (χ2v) is 4.64. The van der Waals surface area contributed by atoms with Crippen LogP contribution in [0, 0.1) is 12.8 Å². The van der Waals surface area contributed by atoms with Crippen molar-refractivity contribution < 1.29 is 5.11 Å². The van der Waals surface area contributed by atoms with Crippen molar-refractivity contribution in [3.05, 3.63) is 18.0 Å². The molecular formula is C12H20N2O. The summed E-state index contributed by atoms with van der Waals surface area (Å²) in [6, 6.07) is 2.43. The van der Waals surface area contributed by atoms with Crippen LogP contribution < -0.4 is 0 Å². The first-order valence-electron chi connectivity index (χ1n) is 5.90. The molecule has 3 atom stereocenters. The molecule has 1 N–H and O–H groups in total. The summed E-state index contributed by atoms with van der Waals surface area (Å²) in [5.74, 6) is 0.674. The SMILES string of the molecule is CCC1CCC(O)CC1n1ccc(C)n1. The Kier molecular flexibility index (Phi) is 3.10. The Bertz CT molecular complexity index is 321. The summed E-state index contributed by atoms with van der Waals surface area (Å²) >= 11 is 0. The quantitative estimate of drug-likeness (QED) is 0.810. The van der Waals surface area contributed by atoms with Gasteiger partial charge in [-0.3, -0.25) is 4.68 Å². The van der Waals surface area contributed by atoms with Gasteiger partial charge in [0.25, 0.3) is 0 Å². The molecule has 3 heteroatoms. The third-order valence-corrected chi connectivity index (χ3v) is 3.53. The van der Waals surface area contributed by atoms with Crippen molar-refractivity contribution in [1.82, 2.24) is 9.78 Å². The average molecular weight is 208 g/mol. The normalized spacial score (nSPS) is 31.8. The van der Waals surface area contributed by atoms with E-state index in [1.54, 1.807) is 0 Å². The molecule has 1 aliphatic rings. The van der Waals surface area contributed by atoms with Crippen LogP contribution in [0.3, 0.4) is 0 Å². The van der Waals surface area contributed by atoms with Gasteiger partial charge in [-0.25, -0.2) is 0 Å². The number of hydrogen-bond donors (Lipinski definition) is 1. The van der Waals surface area contributed by atoms with Crippen molar-refractivity contribution in [2.45, 2.75) is 51.7 Å². The van der Waals surface area contributed by atoms with Gasteiger partial charge in [-0.2, -0.15) is 5.10 Å². The highest BCUT2D eigenvalue weighted by Crippen LogP contribution is 2.35. The number of nitrogens with zero attached hydrogens (tertiary/aromatic N) is 2. The molecule has 0 aliphatic heterocycles. The van der Waals surface area contributed by atoms with Gasteiger partial charge in [0.15, 0.2) is 0 Å². The number of rotatable bonds is 2. The largest absolute Gasteiger partial charge is 0.393 e. The molecule has 3 unspecified atom stereocenters. The van der Waals surface area contributed by atoms with E-state index in [0.717, 1.165) is 25.0 Å². The monoisotopic (exact) mass is 208 g/mol. The van der Waals surface area contributed by atoms with Crippen LogP contribution in [0.4, 0.5) is 0 Å². The summed E-state index contributed by atoms with van der Waals surface area (Å²) in [5.41, 5.74) is 1.06. The molecule has 0 radical (unpaired) electrons. The molecule has 3 nitrogen and oxygen atoms in total. The van der Waals surface area contributed by atoms with Gasteiger partial charge < -0.3 is 5.11 Å². The third-order valence-electron chi connectivity index (χ3n) is 3.53. The van der Waals surface area contributed by atoms with E-state index in [1.165, 1.54) is 6.42 Å². The van der Waals surface area contributed by atoms with Crippen molar-refractivity contribution in [2.24, 2.45) is 5.92 Å². The van der Waals surface area contributed by atoms with Crippen LogP contribution in [-0.4, -0.2) is 21.0 Å². The predicted molar refractivity (Wildman–Crippen MR) is 59.6 cm³/mol. The number of aryl methyl sites for hydroxylation is 1. The van der Waals surface area contributed by atoms with Crippen molar-refractivity contribution in [3.63, 3.8) is 0 Å². The van der Waals surface area contributed by atoms with Gasteiger partial charge >= 0.3 is 0 Å². The van der Waals surface area contributed by atoms with Gasteiger partial charge in [-0.05, 0) is 38.2 Å². The third kappa shape index (κ3) is 2.23. The van der Waals surface area contributed by atoms with Gasteiger partial charge in [0.1, 0.15) is 0 Å². The van der Waals surface area contributed by atoms with Crippen LogP contribution in [-0.2, 0) is 0 Å². The molecule has 0 saturated heterocycles. The van der Waals surface area contributed by atoms with E-state index in [1.807, 2.05) is 23.9 Å². The summed E-state index contributed by atoms with van der Waals surface area (Å²) in [4.78, 5) is 0. The number of hydrogen-bond acceptors (Lipinski definition) is 2. The molecule has 1 aliphatic carbocycles. The molecule has 0 spiro atoms. The van der Waals surface area contributed by atoms with E-state index in [4.69, 9.17) is 0 Å². The highest BCUT2D eigenvalue weighted by Gasteiger charge is 2.29. The molecule has 2 rings (SSSR count). The molecule has 1 heterocycles. The Hall–Kier alpha value is -0.830. The highest BCUT2D eigenvalue weighted by atomic mass is 16.3. The molecule has 15 heavy (non-hydrogen) atoms. The van der Waals surface area contributed by atoms with E-state index < -0.39 is 0 Å². The Morgan fingerprint density at radius 1 is 1.53 bits per heavy atom. The summed E-state index contributed by atoms with van der Waals surface area (Å²) < 4.78 is 2.05. The fraction of sp³-hybridized carbons (Fsp3) is 0.750. The molecule has 1 saturated carbocycles. The molecule has 0 aromatic carbocycles. The maximum atomic E-state index is 9.72. The zero-order valence-electron chi connectivity index (χ0n) is 9.56. The lowest BCUT2D eigenvalue weighted by Gasteiger charge is -2.33. The van der Waals surface area contributed by atoms with Crippen molar-refractivity contribution in [1.29, 1.82) is 0 Å². The van der Waals surface area contributed by atoms with E-state index in [-0.39, 0.29) is 6.10 Å². The molecule has 0 amide bonds. The standard InChI is InChI=1S/C12H20N2O/c1-3-10-4-5-11(15)8-12(10)14-7-6-9(2)13-14/h6-7,10-12,15H,3-5,8H2,1-2H3. The topological polar surface area (TPSA) is 38.0 Å². The maximum Gasteiger partial charge on any atom is 0.0593 e. The van der Waals surface area contributed by atoms with Crippen molar-refractivity contribution in [3.8, 4) is 0 Å². The highest BCUT2D eigenvalue weighted by molar-refractivity contribution is 4.97. The van der Waals surface area contributed by atoms with Crippen molar-refractivity contribution in [2.75, 3.05) is 0 Å². The van der Waals surface area contributed by atoms with E-state index in [2.05, 4.69) is 12.0 Å². The fourth-order valence-electron chi connectivity index (χ4n) is 2.61. The molecular weight excluding hydrogens is 188 g/mol. The van der Waals surface area contributed by atoms with Crippen LogP contribution >= 0.6 is 0 Å². The lowest BCUT2D eigenvalue weighted by Crippen LogP contribution is -2.30. The van der Waals surface area contributed by atoms with Gasteiger partial charge in [0.2, 0.25) is 0 Å². The molecule has 1 aromatic rings. The minimum absolute atomic E-state index is 0.137. The lowest BCUT2D eigenvalue weighted by molar-refractivity contribution is 0.0667. The van der Waals surface area contributed by atoms with Crippen LogP contribution in [0.2, 0.25) is 0 Å². The number of aliphatic hydroxyl groups excluding tert-OH is 1. The first-order valence-corrected chi connectivity index (χ1v) is 5.90. The number of aliphatic hydroxyl groups is 1. The summed E-state index contributed by atoms with van der Waals surface area (Å²) in [5, 5.41) is 14.2. The molecule has 1 fully saturated rings. The molecule has 1 aromatic heterocycles. The summed E-state index contributed by atoms with van der Waals surface area (Å²) in [6.45, 7) is 4.24. The minimum Gasteiger partial charge on any atom is -0.393 e. The smallest absolute Gasteiger partial charge is 0.0593 e. The van der Waals surface area contributed by atoms with Crippen LogP contribution in [0.25, 0.3) is 0 Å². The van der Waals surface area contributed by atoms with Crippen LogP contribution in [0.15, 0.2) is 12.3 Å². The Balaban J connectivity index is 2.16. The zero-order chi connectivity index (χ0) is 10.8. The van der Waals surface area contributed by atoms with Crippen LogP contribution in [0.1, 0.15) is 44.3 Å². The Labute approximate surface area is 91.1 Å². The van der Waals surface area contributed by atoms with E-state index in [9.17, 15) is 5.11 Å². The van der Waals surface area contributed by atoms with Crippen molar-refractivity contribution >= 4 is 0 Å². The second kappa shape index (κ2) is 4.35. The van der Waals surface area contributed by atoms with Crippen LogP contribution in [0.5, 0.6) is 0 Å². The summed E-state index contributed by atoms with van der Waals surface area (Å²) in [7, 11) is 0. The van der Waals surface area contributed by atoms with Gasteiger partial charge in [0, 0.05) is 6.20 Å². The average Bonchev–Trinajstić information content (AvgIpc) is 2.65. The zero-order valence-corrected chi connectivity index (χ0v) is 9.56. The van der Waals surface area contributed by atoms with E-state index >= 15 is 0 Å². The Morgan fingerprint density at radius 2 is 2.33 bits per heavy atom. The fourth-order valence-corrected chi connectivity index (χ4v) is 2.61. The van der Waals surface area contributed by atoms with Gasteiger partial charge in [-0.1, -0.05) is 13.3 Å². The molecule has 84 valence electrons. The minimum atomic E-state index is -0.137. The van der Waals surface area contributed by atoms with Gasteiger partial charge in [-0.15, -0.1) is 0 Å². The lowest BCUT2D eigenvalue weighted by atomic mass is 9.81. The number of aromatic nitrogens is 2.